The molecule has 0 N–H and O–H groups in total. The van der Waals surface area contributed by atoms with E-state index in [0.29, 0.717) is 18.2 Å². The molecule has 5 heteroatoms. The molecule has 0 unspecified atom stereocenters. The lowest BCUT2D eigenvalue weighted by molar-refractivity contribution is 0.300. The molecule has 1 aliphatic rings. The van der Waals surface area contributed by atoms with Crippen molar-refractivity contribution < 1.29 is 9.47 Å². The fourth-order valence-electron chi connectivity index (χ4n) is 2.52. The van der Waals surface area contributed by atoms with Gasteiger partial charge in [0, 0.05) is 5.39 Å². The molecule has 2 heterocycles. The van der Waals surface area contributed by atoms with Gasteiger partial charge in [0.1, 0.15) is 18.7 Å². The molecular weight excluding hydrogens is 314 g/mol. The number of aromatic nitrogens is 2. The number of ether oxygens (including phenoxy) is 2. The van der Waals surface area contributed by atoms with Crippen LogP contribution in [-0.4, -0.2) is 16.6 Å². The van der Waals surface area contributed by atoms with Crippen LogP contribution in [0.4, 0.5) is 5.82 Å². The topological polar surface area (TPSA) is 56.6 Å². The normalized spacial score (nSPS) is 13.6. The van der Waals surface area contributed by atoms with Gasteiger partial charge in [0.25, 0.3) is 0 Å². The smallest absolute Gasteiger partial charge is 0.163 e. The number of hydrogen-bond donors (Lipinski definition) is 0. The molecule has 4 rings (SSSR count). The van der Waals surface area contributed by atoms with E-state index in [1.165, 1.54) is 6.33 Å². The van der Waals surface area contributed by atoms with E-state index < -0.39 is 0 Å². The Morgan fingerprint density at radius 3 is 2.84 bits per heavy atom. The van der Waals surface area contributed by atoms with Crippen LogP contribution in [0.3, 0.4) is 0 Å². The molecule has 0 amide bonds. The van der Waals surface area contributed by atoms with Gasteiger partial charge in [0.05, 0.1) is 23.4 Å². The third-order valence-corrected chi connectivity index (χ3v) is 3.72. The molecule has 0 aliphatic carbocycles. The van der Waals surface area contributed by atoms with Gasteiger partial charge in [0.15, 0.2) is 5.82 Å². The van der Waals surface area contributed by atoms with Crippen LogP contribution in [0, 0.1) is 0 Å². The Morgan fingerprint density at radius 2 is 1.84 bits per heavy atom. The van der Waals surface area contributed by atoms with Crippen LogP contribution in [0.25, 0.3) is 17.0 Å². The maximum absolute atomic E-state index is 5.62. The minimum Gasteiger partial charge on any atom is -0.497 e. The van der Waals surface area contributed by atoms with Gasteiger partial charge in [-0.1, -0.05) is 18.2 Å². The zero-order valence-electron chi connectivity index (χ0n) is 13.4. The van der Waals surface area contributed by atoms with Crippen LogP contribution in [0.1, 0.15) is 0 Å². The molecule has 0 fully saturated rings. The fraction of sp³-hybridized carbons (Fsp3) is 0.0500. The van der Waals surface area contributed by atoms with Crippen molar-refractivity contribution in [1.82, 2.24) is 9.97 Å². The Morgan fingerprint density at radius 1 is 0.920 bits per heavy atom. The lowest BCUT2D eigenvalue weighted by Gasteiger charge is -2.04. The number of benzene rings is 2. The van der Waals surface area contributed by atoms with E-state index in [1.807, 2.05) is 48.5 Å². The monoisotopic (exact) mass is 329 g/mol. The van der Waals surface area contributed by atoms with Crippen molar-refractivity contribution in [2.45, 2.75) is 0 Å². The molecule has 2 bridgehead atoms. The van der Waals surface area contributed by atoms with Crippen molar-refractivity contribution in [1.29, 1.82) is 0 Å². The second-order valence-corrected chi connectivity index (χ2v) is 5.36. The largest absolute Gasteiger partial charge is 0.497 e. The zero-order chi connectivity index (χ0) is 16.9. The molecule has 5 nitrogen and oxygen atoms in total. The summed E-state index contributed by atoms with van der Waals surface area (Å²) in [5.41, 5.74) is 0.819. The first-order valence-corrected chi connectivity index (χ1v) is 7.89. The van der Waals surface area contributed by atoms with Crippen molar-refractivity contribution >= 4 is 22.8 Å². The number of para-hydroxylation sites is 1. The summed E-state index contributed by atoms with van der Waals surface area (Å²) < 4.78 is 11.1. The van der Waals surface area contributed by atoms with Gasteiger partial charge < -0.3 is 9.47 Å². The Labute approximate surface area is 144 Å². The van der Waals surface area contributed by atoms with E-state index in [-0.39, 0.29) is 0 Å². The quantitative estimate of drug-likeness (QED) is 0.636. The van der Waals surface area contributed by atoms with Gasteiger partial charge in [-0.15, -0.1) is 0 Å². The first-order chi connectivity index (χ1) is 12.4. The van der Waals surface area contributed by atoms with Gasteiger partial charge in [-0.3, -0.25) is 0 Å². The number of rotatable bonds is 0. The Hall–Kier alpha value is -3.47. The van der Waals surface area contributed by atoms with Crippen LogP contribution >= 0.6 is 0 Å². The zero-order valence-corrected chi connectivity index (χ0v) is 13.4. The maximum Gasteiger partial charge on any atom is 0.163 e. The molecular formula is C20H15N3O2. The second kappa shape index (κ2) is 6.97. The first kappa shape index (κ1) is 15.1. The van der Waals surface area contributed by atoms with Crippen LogP contribution < -0.4 is 15.3 Å². The number of hydrogen-bond acceptors (Lipinski definition) is 5. The van der Waals surface area contributed by atoms with Crippen LogP contribution in [0.2, 0.25) is 0 Å². The summed E-state index contributed by atoms with van der Waals surface area (Å²) in [5.74, 6) is 1.30. The van der Waals surface area contributed by atoms with E-state index in [4.69, 9.17) is 14.5 Å². The Kier molecular flexibility index (Phi) is 4.20. The van der Waals surface area contributed by atoms with Crippen LogP contribution in [0.5, 0.6) is 5.75 Å². The van der Waals surface area contributed by atoms with E-state index in [0.717, 1.165) is 21.5 Å². The van der Waals surface area contributed by atoms with Crippen molar-refractivity contribution in [3.63, 3.8) is 0 Å². The third kappa shape index (κ3) is 3.40. The van der Waals surface area contributed by atoms with E-state index in [2.05, 4.69) is 9.97 Å². The Balaban J connectivity index is 1.98. The van der Waals surface area contributed by atoms with Crippen molar-refractivity contribution in [3.05, 3.63) is 84.0 Å². The van der Waals surface area contributed by atoms with E-state index in [9.17, 15) is 0 Å². The summed E-state index contributed by atoms with van der Waals surface area (Å²) in [6, 6.07) is 13.5. The summed E-state index contributed by atoms with van der Waals surface area (Å²) in [4.78, 5) is 13.4. The lowest BCUT2D eigenvalue weighted by Crippen LogP contribution is -2.24. The highest BCUT2D eigenvalue weighted by molar-refractivity contribution is 5.88. The fourth-order valence-corrected chi connectivity index (χ4v) is 2.52. The third-order valence-electron chi connectivity index (χ3n) is 3.72. The Bertz CT molecular complexity index is 1090. The molecule has 1 aliphatic heterocycles. The lowest BCUT2D eigenvalue weighted by atomic mass is 10.2. The van der Waals surface area contributed by atoms with Crippen molar-refractivity contribution in [3.8, 4) is 5.75 Å². The SMILES string of the molecule is C1=COCC=c2ccccc2=Nc2ncnc3ccc(cc23)OC=C1. The summed E-state index contributed by atoms with van der Waals surface area (Å²) in [6.07, 6.45) is 10.3. The number of fused-ring (bicyclic) bond motifs is 2. The molecule has 25 heavy (non-hydrogen) atoms. The summed E-state index contributed by atoms with van der Waals surface area (Å²) in [5, 5.41) is 2.65. The molecule has 0 atom stereocenters. The van der Waals surface area contributed by atoms with E-state index >= 15 is 0 Å². The molecule has 0 spiro atoms. The molecule has 0 saturated carbocycles. The minimum absolute atomic E-state index is 0.449. The average Bonchev–Trinajstić information content (AvgIpc) is 2.65. The molecule has 0 radical (unpaired) electrons. The predicted octanol–water partition coefficient (Wildman–Crippen LogP) is 2.80. The van der Waals surface area contributed by atoms with Crippen LogP contribution in [-0.2, 0) is 4.74 Å². The molecule has 0 saturated heterocycles. The van der Waals surface area contributed by atoms with Gasteiger partial charge in [-0.05, 0) is 47.7 Å². The highest BCUT2D eigenvalue weighted by Crippen LogP contribution is 2.25. The molecule has 3 aromatic rings. The average molecular weight is 329 g/mol. The predicted molar refractivity (Wildman–Crippen MR) is 95.7 cm³/mol. The molecule has 1 aromatic heterocycles. The van der Waals surface area contributed by atoms with Gasteiger partial charge in [0.2, 0.25) is 0 Å². The standard InChI is InChI=1S/C20H15N3O2/c1-2-6-18-15(5-1)9-12-24-10-3-4-11-25-16-7-8-19-17(13-16)20(23-18)22-14-21-19/h1-11,13-14H,12H2. The number of nitrogens with zero attached hydrogens (tertiary/aromatic N) is 3. The highest BCUT2D eigenvalue weighted by Gasteiger charge is 2.04. The first-order valence-electron chi connectivity index (χ1n) is 7.89. The number of allylic oxidation sites excluding steroid dienone is 2. The van der Waals surface area contributed by atoms with Crippen molar-refractivity contribution in [2.24, 2.45) is 4.99 Å². The molecule has 122 valence electrons. The van der Waals surface area contributed by atoms with Crippen LogP contribution in [0.15, 0.2) is 78.5 Å². The minimum atomic E-state index is 0.449. The highest BCUT2D eigenvalue weighted by atomic mass is 16.5. The van der Waals surface area contributed by atoms with Gasteiger partial charge in [-0.2, -0.15) is 0 Å². The maximum atomic E-state index is 5.62. The summed E-state index contributed by atoms with van der Waals surface area (Å²) >= 11 is 0. The second-order valence-electron chi connectivity index (χ2n) is 5.36. The summed E-state index contributed by atoms with van der Waals surface area (Å²) in [7, 11) is 0. The van der Waals surface area contributed by atoms with Gasteiger partial charge in [-0.25, -0.2) is 15.0 Å². The van der Waals surface area contributed by atoms with E-state index in [1.54, 1.807) is 24.7 Å². The summed E-state index contributed by atoms with van der Waals surface area (Å²) in [6.45, 7) is 0.449. The molecule has 2 aromatic carbocycles. The van der Waals surface area contributed by atoms with Crippen molar-refractivity contribution in [2.75, 3.05) is 6.61 Å². The van der Waals surface area contributed by atoms with Gasteiger partial charge >= 0.3 is 0 Å².